The zero-order valence-corrected chi connectivity index (χ0v) is 17.7. The number of pyridine rings is 1. The molecule has 2 aromatic heterocycles. The number of carbonyl (C=O) groups is 1. The minimum Gasteiger partial charge on any atom is -0.493 e. The Hall–Kier alpha value is -3.33. The third kappa shape index (κ3) is 4.30. The molecule has 1 aromatic carbocycles. The Balaban J connectivity index is 1.38. The molecule has 0 saturated carbocycles. The van der Waals surface area contributed by atoms with Gasteiger partial charge in [0.1, 0.15) is 11.5 Å². The standard InChI is InChI=1S/C21H23N5O3S/c1-28-17-7-6-15(13-18(17)29-2)23-21-24-16(14-30-21)20(27)26-11-9-25(10-12-26)19-5-3-4-8-22-19/h3-8,13-14H,9-12H2,1-2H3,(H,23,24). The number of hydrogen-bond donors (Lipinski definition) is 1. The predicted octanol–water partition coefficient (Wildman–Crippen LogP) is 3.26. The van der Waals surface area contributed by atoms with Crippen LogP contribution in [0.4, 0.5) is 16.6 Å². The number of anilines is 3. The molecule has 1 fully saturated rings. The van der Waals surface area contributed by atoms with Crippen LogP contribution in [-0.2, 0) is 0 Å². The maximum Gasteiger partial charge on any atom is 0.273 e. The first-order chi connectivity index (χ1) is 14.7. The van der Waals surface area contributed by atoms with Crippen LogP contribution < -0.4 is 19.7 Å². The molecule has 0 spiro atoms. The van der Waals surface area contributed by atoms with Crippen LogP contribution in [0.3, 0.4) is 0 Å². The Labute approximate surface area is 179 Å². The number of carbonyl (C=O) groups excluding carboxylic acids is 1. The number of benzene rings is 1. The zero-order chi connectivity index (χ0) is 20.9. The molecule has 3 aromatic rings. The fraction of sp³-hybridized carbons (Fsp3) is 0.286. The first-order valence-corrected chi connectivity index (χ1v) is 10.5. The van der Waals surface area contributed by atoms with Gasteiger partial charge in [-0.25, -0.2) is 9.97 Å². The average molecular weight is 426 g/mol. The van der Waals surface area contributed by atoms with Crippen molar-refractivity contribution < 1.29 is 14.3 Å². The fourth-order valence-electron chi connectivity index (χ4n) is 3.31. The number of methoxy groups -OCH3 is 2. The Kier molecular flexibility index (Phi) is 5.99. The number of thiazole rings is 1. The molecule has 1 amide bonds. The van der Waals surface area contributed by atoms with Gasteiger partial charge in [-0.1, -0.05) is 6.07 Å². The lowest BCUT2D eigenvalue weighted by molar-refractivity contribution is 0.0741. The van der Waals surface area contributed by atoms with Gasteiger partial charge in [0.05, 0.1) is 14.2 Å². The Morgan fingerprint density at radius 2 is 1.87 bits per heavy atom. The largest absolute Gasteiger partial charge is 0.493 e. The van der Waals surface area contributed by atoms with Crippen LogP contribution in [0.15, 0.2) is 48.0 Å². The van der Waals surface area contributed by atoms with Crippen molar-refractivity contribution in [3.8, 4) is 11.5 Å². The first-order valence-electron chi connectivity index (χ1n) is 9.58. The van der Waals surface area contributed by atoms with Crippen molar-refractivity contribution in [1.82, 2.24) is 14.9 Å². The van der Waals surface area contributed by atoms with Gasteiger partial charge in [0.15, 0.2) is 16.6 Å². The van der Waals surface area contributed by atoms with E-state index in [9.17, 15) is 4.79 Å². The molecule has 8 nitrogen and oxygen atoms in total. The zero-order valence-electron chi connectivity index (χ0n) is 16.9. The molecule has 0 bridgehead atoms. The number of amides is 1. The number of piperazine rings is 1. The fourth-order valence-corrected chi connectivity index (χ4v) is 4.01. The van der Waals surface area contributed by atoms with Gasteiger partial charge >= 0.3 is 0 Å². The van der Waals surface area contributed by atoms with Gasteiger partial charge in [0.2, 0.25) is 0 Å². The minimum atomic E-state index is -0.0488. The first kappa shape index (κ1) is 20.0. The quantitative estimate of drug-likeness (QED) is 0.649. The highest BCUT2D eigenvalue weighted by Crippen LogP contribution is 2.31. The van der Waals surface area contributed by atoms with E-state index >= 15 is 0 Å². The molecule has 0 atom stereocenters. The molecule has 9 heteroatoms. The van der Waals surface area contributed by atoms with E-state index in [1.807, 2.05) is 41.3 Å². The third-order valence-corrected chi connectivity index (χ3v) is 5.66. The molecule has 1 aliphatic rings. The molecule has 1 saturated heterocycles. The molecule has 0 unspecified atom stereocenters. The number of rotatable bonds is 6. The van der Waals surface area contributed by atoms with Crippen molar-refractivity contribution >= 4 is 33.9 Å². The summed E-state index contributed by atoms with van der Waals surface area (Å²) >= 11 is 1.40. The van der Waals surface area contributed by atoms with E-state index in [-0.39, 0.29) is 5.91 Å². The Bertz CT molecular complexity index is 1000. The SMILES string of the molecule is COc1ccc(Nc2nc(C(=O)N3CCN(c4ccccn4)CC3)cs2)cc1OC. The van der Waals surface area contributed by atoms with Gasteiger partial charge in [-0.15, -0.1) is 11.3 Å². The van der Waals surface area contributed by atoms with Crippen molar-refractivity contribution in [2.24, 2.45) is 0 Å². The van der Waals surface area contributed by atoms with E-state index in [4.69, 9.17) is 9.47 Å². The highest BCUT2D eigenvalue weighted by Gasteiger charge is 2.24. The second-order valence-electron chi connectivity index (χ2n) is 6.70. The summed E-state index contributed by atoms with van der Waals surface area (Å²) in [4.78, 5) is 25.8. The van der Waals surface area contributed by atoms with Crippen LogP contribution in [0, 0.1) is 0 Å². The number of aromatic nitrogens is 2. The molecule has 3 heterocycles. The van der Waals surface area contributed by atoms with E-state index in [1.165, 1.54) is 11.3 Å². The van der Waals surface area contributed by atoms with Crippen molar-refractivity contribution in [2.45, 2.75) is 0 Å². The predicted molar refractivity (Wildman–Crippen MR) is 117 cm³/mol. The van der Waals surface area contributed by atoms with Crippen LogP contribution in [0.2, 0.25) is 0 Å². The van der Waals surface area contributed by atoms with Gasteiger partial charge in [0.25, 0.3) is 5.91 Å². The second-order valence-corrected chi connectivity index (χ2v) is 7.56. The maximum absolute atomic E-state index is 12.9. The van der Waals surface area contributed by atoms with Crippen molar-refractivity contribution in [2.75, 3.05) is 50.6 Å². The monoisotopic (exact) mass is 425 g/mol. The van der Waals surface area contributed by atoms with Gasteiger partial charge in [0, 0.05) is 49.5 Å². The lowest BCUT2D eigenvalue weighted by Gasteiger charge is -2.35. The lowest BCUT2D eigenvalue weighted by Crippen LogP contribution is -2.49. The summed E-state index contributed by atoms with van der Waals surface area (Å²) in [6.07, 6.45) is 1.79. The number of hydrogen-bond acceptors (Lipinski definition) is 8. The van der Waals surface area contributed by atoms with Crippen molar-refractivity contribution in [1.29, 1.82) is 0 Å². The molecular weight excluding hydrogens is 402 g/mol. The summed E-state index contributed by atoms with van der Waals surface area (Å²) in [5.41, 5.74) is 1.26. The van der Waals surface area contributed by atoms with Crippen molar-refractivity contribution in [3.05, 3.63) is 53.7 Å². The van der Waals surface area contributed by atoms with Crippen LogP contribution in [0.1, 0.15) is 10.5 Å². The van der Waals surface area contributed by atoms with Gasteiger partial charge < -0.3 is 24.6 Å². The van der Waals surface area contributed by atoms with Crippen LogP contribution in [0.5, 0.6) is 11.5 Å². The Morgan fingerprint density at radius 1 is 1.07 bits per heavy atom. The van der Waals surface area contributed by atoms with Gasteiger partial charge in [-0.05, 0) is 24.3 Å². The van der Waals surface area contributed by atoms with Crippen molar-refractivity contribution in [3.63, 3.8) is 0 Å². The third-order valence-electron chi connectivity index (χ3n) is 4.90. The summed E-state index contributed by atoms with van der Waals surface area (Å²) in [6.45, 7) is 2.80. The van der Waals surface area contributed by atoms with E-state index < -0.39 is 0 Å². The maximum atomic E-state index is 12.9. The van der Waals surface area contributed by atoms with Crippen LogP contribution in [0.25, 0.3) is 0 Å². The topological polar surface area (TPSA) is 79.8 Å². The summed E-state index contributed by atoms with van der Waals surface area (Å²) in [6, 6.07) is 11.4. The van der Waals surface area contributed by atoms with E-state index in [1.54, 1.807) is 25.8 Å². The molecule has 4 rings (SSSR count). The molecule has 156 valence electrons. The molecule has 30 heavy (non-hydrogen) atoms. The van der Waals surface area contributed by atoms with Crippen LogP contribution >= 0.6 is 11.3 Å². The molecule has 0 aliphatic carbocycles. The number of ether oxygens (including phenoxy) is 2. The second kappa shape index (κ2) is 9.00. The normalized spacial score (nSPS) is 13.8. The number of nitrogens with zero attached hydrogens (tertiary/aromatic N) is 4. The van der Waals surface area contributed by atoms with Crippen LogP contribution in [-0.4, -0.2) is 61.2 Å². The summed E-state index contributed by atoms with van der Waals surface area (Å²) < 4.78 is 10.6. The summed E-state index contributed by atoms with van der Waals surface area (Å²) in [5, 5.41) is 5.66. The smallest absolute Gasteiger partial charge is 0.273 e. The van der Waals surface area contributed by atoms with E-state index in [0.29, 0.717) is 35.4 Å². The number of nitrogens with one attached hydrogen (secondary N) is 1. The van der Waals surface area contributed by atoms with Gasteiger partial charge in [-0.3, -0.25) is 4.79 Å². The Morgan fingerprint density at radius 3 is 2.57 bits per heavy atom. The van der Waals surface area contributed by atoms with Gasteiger partial charge in [-0.2, -0.15) is 0 Å². The highest BCUT2D eigenvalue weighted by atomic mass is 32.1. The highest BCUT2D eigenvalue weighted by molar-refractivity contribution is 7.14. The summed E-state index contributed by atoms with van der Waals surface area (Å²) in [7, 11) is 3.19. The van der Waals surface area contributed by atoms with E-state index in [0.717, 1.165) is 24.6 Å². The molecule has 1 aliphatic heterocycles. The average Bonchev–Trinajstić information content (AvgIpc) is 3.27. The van der Waals surface area contributed by atoms with E-state index in [2.05, 4.69) is 20.2 Å². The molecule has 1 N–H and O–H groups in total. The molecule has 0 radical (unpaired) electrons. The minimum absolute atomic E-state index is 0.0488. The lowest BCUT2D eigenvalue weighted by atomic mass is 10.2. The molecular formula is C21H23N5O3S. The summed E-state index contributed by atoms with van der Waals surface area (Å²) in [5.74, 6) is 2.18.